The Morgan fingerprint density at radius 1 is 1.31 bits per heavy atom. The fourth-order valence-corrected chi connectivity index (χ4v) is 4.25. The average molecular weight is 381 g/mol. The van der Waals surface area contributed by atoms with Crippen LogP contribution in [0.5, 0.6) is 11.5 Å². The Hall–Kier alpha value is -2.26. The summed E-state index contributed by atoms with van der Waals surface area (Å²) in [6, 6.07) is 3.08. The van der Waals surface area contributed by atoms with Crippen molar-refractivity contribution in [2.45, 2.75) is 37.3 Å². The summed E-state index contributed by atoms with van der Waals surface area (Å²) in [5.74, 6) is 0.834. The number of hydrogen-bond donors (Lipinski definition) is 1. The van der Waals surface area contributed by atoms with Crippen molar-refractivity contribution in [2.24, 2.45) is 0 Å². The molecule has 1 fully saturated rings. The summed E-state index contributed by atoms with van der Waals surface area (Å²) >= 11 is 0. The molecule has 9 heteroatoms. The summed E-state index contributed by atoms with van der Waals surface area (Å²) in [6.45, 7) is 3.08. The van der Waals surface area contributed by atoms with Gasteiger partial charge in [-0.3, -0.25) is 9.40 Å². The third kappa shape index (κ3) is 3.94. The number of ether oxygens (including phenoxy) is 3. The van der Waals surface area contributed by atoms with E-state index in [-0.39, 0.29) is 11.0 Å². The topological polar surface area (TPSA) is 91.7 Å². The van der Waals surface area contributed by atoms with E-state index < -0.39 is 10.0 Å². The highest BCUT2D eigenvalue weighted by Crippen LogP contribution is 2.33. The van der Waals surface area contributed by atoms with Gasteiger partial charge in [0.15, 0.2) is 11.5 Å². The minimum Gasteiger partial charge on any atom is -0.493 e. The zero-order valence-electron chi connectivity index (χ0n) is 15.1. The molecule has 1 aliphatic rings. The zero-order valence-corrected chi connectivity index (χ0v) is 15.9. The van der Waals surface area contributed by atoms with E-state index >= 15 is 0 Å². The Balaban J connectivity index is 1.79. The quantitative estimate of drug-likeness (QED) is 0.790. The number of sulfonamides is 1. The van der Waals surface area contributed by atoms with Crippen LogP contribution in [0, 0.1) is 6.92 Å². The van der Waals surface area contributed by atoms with Gasteiger partial charge < -0.3 is 14.2 Å². The maximum Gasteiger partial charge on any atom is 0.262 e. The first-order valence-electron chi connectivity index (χ1n) is 8.32. The molecule has 142 valence electrons. The van der Waals surface area contributed by atoms with Crippen molar-refractivity contribution in [3.63, 3.8) is 0 Å². The van der Waals surface area contributed by atoms with Crippen molar-refractivity contribution in [3.05, 3.63) is 30.1 Å². The first-order valence-corrected chi connectivity index (χ1v) is 9.81. The molecule has 26 heavy (non-hydrogen) atoms. The number of aromatic nitrogens is 2. The predicted octanol–water partition coefficient (Wildman–Crippen LogP) is 2.19. The van der Waals surface area contributed by atoms with Gasteiger partial charge in [-0.1, -0.05) is 0 Å². The van der Waals surface area contributed by atoms with Gasteiger partial charge in [-0.2, -0.15) is 5.10 Å². The zero-order chi connectivity index (χ0) is 18.7. The van der Waals surface area contributed by atoms with E-state index in [2.05, 4.69) is 9.82 Å². The van der Waals surface area contributed by atoms with Gasteiger partial charge in [0, 0.05) is 18.9 Å². The summed E-state index contributed by atoms with van der Waals surface area (Å²) < 4.78 is 45.8. The first kappa shape index (κ1) is 18.5. The molecule has 2 heterocycles. The molecule has 0 radical (unpaired) electrons. The molecule has 1 saturated heterocycles. The molecule has 2 aromatic rings. The van der Waals surface area contributed by atoms with Crippen LogP contribution in [0.3, 0.4) is 0 Å². The van der Waals surface area contributed by atoms with Gasteiger partial charge in [0.25, 0.3) is 10.0 Å². The average Bonchev–Trinajstić information content (AvgIpc) is 3.26. The van der Waals surface area contributed by atoms with Crippen LogP contribution in [0.25, 0.3) is 0 Å². The monoisotopic (exact) mass is 381 g/mol. The predicted molar refractivity (Wildman–Crippen MR) is 96.3 cm³/mol. The van der Waals surface area contributed by atoms with Crippen LogP contribution >= 0.6 is 0 Å². The molecule has 0 spiro atoms. The van der Waals surface area contributed by atoms with Gasteiger partial charge in [0.05, 0.1) is 43.6 Å². The number of aryl methyl sites for hydroxylation is 1. The Bertz CT molecular complexity index is 873. The van der Waals surface area contributed by atoms with Crippen LogP contribution in [0.2, 0.25) is 0 Å². The fourth-order valence-electron chi connectivity index (χ4n) is 2.97. The minimum absolute atomic E-state index is 0.127. The molecule has 0 bridgehead atoms. The Morgan fingerprint density at radius 2 is 2.04 bits per heavy atom. The van der Waals surface area contributed by atoms with E-state index in [9.17, 15) is 8.42 Å². The number of nitrogens with one attached hydrogen (secondary N) is 1. The molecule has 0 unspecified atom stereocenters. The highest BCUT2D eigenvalue weighted by Gasteiger charge is 2.22. The Kier molecular flexibility index (Phi) is 5.38. The van der Waals surface area contributed by atoms with Gasteiger partial charge in [-0.15, -0.1) is 0 Å². The van der Waals surface area contributed by atoms with Crippen molar-refractivity contribution in [1.29, 1.82) is 0 Å². The number of methoxy groups -OCH3 is 2. The second-order valence-corrected chi connectivity index (χ2v) is 7.82. The SMILES string of the molecule is COc1cc(C)c(S(=O)(=O)Nc2cnn(C[C@@H]3CCCO3)c2)cc1OC. The van der Waals surface area contributed by atoms with E-state index in [4.69, 9.17) is 14.2 Å². The van der Waals surface area contributed by atoms with Crippen molar-refractivity contribution in [1.82, 2.24) is 9.78 Å². The minimum atomic E-state index is -3.79. The lowest BCUT2D eigenvalue weighted by Gasteiger charge is -2.13. The Morgan fingerprint density at radius 3 is 2.69 bits per heavy atom. The fraction of sp³-hybridized carbons (Fsp3) is 0.471. The second kappa shape index (κ2) is 7.55. The van der Waals surface area contributed by atoms with Crippen molar-refractivity contribution in [3.8, 4) is 11.5 Å². The van der Waals surface area contributed by atoms with Crippen LogP contribution in [0.15, 0.2) is 29.4 Å². The first-order chi connectivity index (χ1) is 12.4. The maximum atomic E-state index is 12.8. The highest BCUT2D eigenvalue weighted by atomic mass is 32.2. The van der Waals surface area contributed by atoms with E-state index in [0.29, 0.717) is 29.3 Å². The molecule has 3 rings (SSSR count). The van der Waals surface area contributed by atoms with Crippen molar-refractivity contribution >= 4 is 15.7 Å². The third-order valence-electron chi connectivity index (χ3n) is 4.27. The molecular formula is C17H23N3O5S. The standard InChI is InChI=1S/C17H23N3O5S/c1-12-7-15(23-2)16(24-3)8-17(12)26(21,22)19-13-9-18-20(10-13)11-14-5-4-6-25-14/h7-10,14,19H,4-6,11H2,1-3H3/t14-/m0/s1. The summed E-state index contributed by atoms with van der Waals surface area (Å²) in [5.41, 5.74) is 0.957. The molecule has 1 aromatic carbocycles. The lowest BCUT2D eigenvalue weighted by atomic mass is 10.2. The summed E-state index contributed by atoms with van der Waals surface area (Å²) in [4.78, 5) is 0.127. The van der Waals surface area contributed by atoms with E-state index in [0.717, 1.165) is 19.4 Å². The van der Waals surface area contributed by atoms with E-state index in [1.165, 1.54) is 26.5 Å². The van der Waals surface area contributed by atoms with Gasteiger partial charge in [0.1, 0.15) is 0 Å². The summed E-state index contributed by atoms with van der Waals surface area (Å²) in [5, 5.41) is 4.21. The van der Waals surface area contributed by atoms with Crippen LogP contribution in [-0.4, -0.2) is 45.1 Å². The lowest BCUT2D eigenvalue weighted by Crippen LogP contribution is -2.16. The van der Waals surface area contributed by atoms with E-state index in [1.807, 2.05) is 0 Å². The molecular weight excluding hydrogens is 358 g/mol. The molecule has 0 aliphatic carbocycles. The van der Waals surface area contributed by atoms with Gasteiger partial charge in [-0.25, -0.2) is 8.42 Å². The lowest BCUT2D eigenvalue weighted by molar-refractivity contribution is 0.0940. The maximum absolute atomic E-state index is 12.8. The largest absolute Gasteiger partial charge is 0.493 e. The van der Waals surface area contributed by atoms with Gasteiger partial charge in [-0.05, 0) is 31.4 Å². The molecule has 8 nitrogen and oxygen atoms in total. The molecule has 1 N–H and O–H groups in total. The van der Waals surface area contributed by atoms with Crippen LogP contribution in [0.1, 0.15) is 18.4 Å². The number of nitrogens with zero attached hydrogens (tertiary/aromatic N) is 2. The van der Waals surface area contributed by atoms with Crippen molar-refractivity contribution < 1.29 is 22.6 Å². The smallest absolute Gasteiger partial charge is 0.262 e. The molecule has 0 amide bonds. The van der Waals surface area contributed by atoms with Crippen LogP contribution < -0.4 is 14.2 Å². The number of hydrogen-bond acceptors (Lipinski definition) is 6. The van der Waals surface area contributed by atoms with E-state index in [1.54, 1.807) is 23.9 Å². The van der Waals surface area contributed by atoms with Gasteiger partial charge in [0.2, 0.25) is 0 Å². The van der Waals surface area contributed by atoms with Crippen molar-refractivity contribution in [2.75, 3.05) is 25.5 Å². The highest BCUT2D eigenvalue weighted by molar-refractivity contribution is 7.92. The third-order valence-corrected chi connectivity index (χ3v) is 5.79. The molecule has 1 atom stereocenters. The normalized spacial score (nSPS) is 17.3. The molecule has 1 aliphatic heterocycles. The summed E-state index contributed by atoms with van der Waals surface area (Å²) in [7, 11) is -0.815. The van der Waals surface area contributed by atoms with Gasteiger partial charge >= 0.3 is 0 Å². The summed E-state index contributed by atoms with van der Waals surface area (Å²) in [6.07, 6.45) is 5.32. The number of benzene rings is 1. The van der Waals surface area contributed by atoms with Crippen LogP contribution in [0.4, 0.5) is 5.69 Å². The number of anilines is 1. The second-order valence-electron chi connectivity index (χ2n) is 6.16. The molecule has 0 saturated carbocycles. The van der Waals surface area contributed by atoms with Crippen LogP contribution in [-0.2, 0) is 21.3 Å². The molecule has 1 aromatic heterocycles. The Labute approximate surface area is 153 Å². The number of rotatable bonds is 7.